The molecule has 1 aliphatic rings. The van der Waals surface area contributed by atoms with Crippen LogP contribution in [0.5, 0.6) is 0 Å². The van der Waals surface area contributed by atoms with Crippen LogP contribution in [-0.2, 0) is 0 Å². The molecule has 0 spiro atoms. The third-order valence-electron chi connectivity index (χ3n) is 6.81. The maximum atomic E-state index is 4.43. The van der Waals surface area contributed by atoms with E-state index in [4.69, 9.17) is 0 Å². The number of nitrogens with one attached hydrogen (secondary N) is 1. The van der Waals surface area contributed by atoms with Crippen molar-refractivity contribution >= 4 is 11.6 Å². The summed E-state index contributed by atoms with van der Waals surface area (Å²) in [7, 11) is 0. The van der Waals surface area contributed by atoms with Crippen LogP contribution in [0.25, 0.3) is 5.65 Å². The van der Waals surface area contributed by atoms with Gasteiger partial charge in [0.1, 0.15) is 0 Å². The van der Waals surface area contributed by atoms with Gasteiger partial charge in [0.25, 0.3) is 0 Å². The van der Waals surface area contributed by atoms with Crippen molar-refractivity contribution in [3.8, 4) is 0 Å². The summed E-state index contributed by atoms with van der Waals surface area (Å²) >= 11 is 0. The second-order valence-corrected chi connectivity index (χ2v) is 9.25. The van der Waals surface area contributed by atoms with Gasteiger partial charge in [-0.25, -0.2) is 0 Å². The number of fused-ring (bicyclic) bond motifs is 1. The van der Waals surface area contributed by atoms with E-state index in [1.54, 1.807) is 10.8 Å². The van der Waals surface area contributed by atoms with Crippen molar-refractivity contribution in [1.29, 1.82) is 0 Å². The molecule has 1 aliphatic heterocycles. The minimum atomic E-state index is 0.338. The fourth-order valence-electron chi connectivity index (χ4n) is 4.96. The Labute approximate surface area is 207 Å². The fraction of sp³-hybridized carbons (Fsp3) is 0.393. The number of benzene rings is 2. The van der Waals surface area contributed by atoms with E-state index in [0.717, 1.165) is 44.8 Å². The van der Waals surface area contributed by atoms with Crippen LogP contribution < -0.4 is 5.32 Å². The topological polar surface area (TPSA) is 61.6 Å². The SMILES string of the molecule is c1ccc(C(c2ccccc2)N2CCN(CCCCCCNc3nc4cccnn4n3)CC2)cc1. The molecule has 35 heavy (non-hydrogen) atoms. The first-order valence-corrected chi connectivity index (χ1v) is 12.8. The highest BCUT2D eigenvalue weighted by Crippen LogP contribution is 2.29. The number of piperazine rings is 1. The van der Waals surface area contributed by atoms with Crippen molar-refractivity contribution in [3.05, 3.63) is 90.1 Å². The normalized spacial score (nSPS) is 15.1. The molecule has 0 unspecified atom stereocenters. The lowest BCUT2D eigenvalue weighted by molar-refractivity contribution is 0.108. The van der Waals surface area contributed by atoms with Gasteiger partial charge in [0.15, 0.2) is 5.65 Å². The summed E-state index contributed by atoms with van der Waals surface area (Å²) in [4.78, 5) is 9.72. The lowest BCUT2D eigenvalue weighted by atomic mass is 9.96. The van der Waals surface area contributed by atoms with E-state index < -0.39 is 0 Å². The molecule has 0 radical (unpaired) electrons. The van der Waals surface area contributed by atoms with Gasteiger partial charge in [-0.3, -0.25) is 4.90 Å². The minimum absolute atomic E-state index is 0.338. The van der Waals surface area contributed by atoms with E-state index >= 15 is 0 Å². The van der Waals surface area contributed by atoms with Crippen LogP contribution in [0.3, 0.4) is 0 Å². The van der Waals surface area contributed by atoms with Gasteiger partial charge in [-0.15, -0.1) is 9.73 Å². The summed E-state index contributed by atoms with van der Waals surface area (Å²) in [5, 5.41) is 11.8. The third kappa shape index (κ3) is 6.24. The van der Waals surface area contributed by atoms with Crippen molar-refractivity contribution in [1.82, 2.24) is 29.6 Å². The van der Waals surface area contributed by atoms with Crippen molar-refractivity contribution < 1.29 is 0 Å². The number of anilines is 1. The number of hydrogen-bond donors (Lipinski definition) is 1. The highest BCUT2D eigenvalue weighted by atomic mass is 15.5. The van der Waals surface area contributed by atoms with Crippen LogP contribution in [0.15, 0.2) is 79.0 Å². The Hall–Kier alpha value is -3.29. The predicted molar refractivity (Wildman–Crippen MR) is 140 cm³/mol. The van der Waals surface area contributed by atoms with E-state index in [2.05, 4.69) is 91.0 Å². The summed E-state index contributed by atoms with van der Waals surface area (Å²) < 4.78 is 1.56. The Morgan fingerprint density at radius 1 is 0.743 bits per heavy atom. The molecule has 1 saturated heterocycles. The van der Waals surface area contributed by atoms with Crippen molar-refractivity contribution in [2.45, 2.75) is 31.7 Å². The van der Waals surface area contributed by atoms with Gasteiger partial charge in [-0.1, -0.05) is 73.5 Å². The molecule has 0 aliphatic carbocycles. The Balaban J connectivity index is 1.01. The average molecular weight is 470 g/mol. The van der Waals surface area contributed by atoms with Gasteiger partial charge in [0.05, 0.1) is 6.04 Å². The molecule has 182 valence electrons. The molecule has 4 aromatic rings. The second kappa shape index (κ2) is 11.9. The van der Waals surface area contributed by atoms with E-state index in [0.29, 0.717) is 12.0 Å². The first-order valence-electron chi connectivity index (χ1n) is 12.8. The Morgan fingerprint density at radius 2 is 1.43 bits per heavy atom. The lowest BCUT2D eigenvalue weighted by Gasteiger charge is -2.39. The summed E-state index contributed by atoms with van der Waals surface area (Å²) in [6, 6.07) is 26.0. The minimum Gasteiger partial charge on any atom is -0.353 e. The summed E-state index contributed by atoms with van der Waals surface area (Å²) in [5.41, 5.74) is 3.54. The molecule has 7 nitrogen and oxygen atoms in total. The summed E-state index contributed by atoms with van der Waals surface area (Å²) in [6.45, 7) is 6.60. The number of nitrogens with zero attached hydrogens (tertiary/aromatic N) is 6. The molecule has 2 aromatic heterocycles. The van der Waals surface area contributed by atoms with Crippen molar-refractivity contribution in [2.75, 3.05) is 44.6 Å². The van der Waals surface area contributed by atoms with Gasteiger partial charge in [0, 0.05) is 38.9 Å². The first kappa shape index (κ1) is 23.5. The zero-order valence-electron chi connectivity index (χ0n) is 20.3. The van der Waals surface area contributed by atoms with E-state index in [1.165, 1.54) is 36.9 Å². The molecule has 1 fully saturated rings. The van der Waals surface area contributed by atoms with Crippen molar-refractivity contribution in [2.24, 2.45) is 0 Å². The van der Waals surface area contributed by atoms with E-state index in [-0.39, 0.29) is 0 Å². The Kier molecular flexibility index (Phi) is 7.98. The van der Waals surface area contributed by atoms with Crippen molar-refractivity contribution in [3.63, 3.8) is 0 Å². The monoisotopic (exact) mass is 469 g/mol. The first-order chi connectivity index (χ1) is 17.4. The fourth-order valence-corrected chi connectivity index (χ4v) is 4.96. The highest BCUT2D eigenvalue weighted by molar-refractivity contribution is 5.41. The maximum Gasteiger partial charge on any atom is 0.244 e. The predicted octanol–water partition coefficient (Wildman–Crippen LogP) is 4.50. The van der Waals surface area contributed by atoms with Crippen LogP contribution >= 0.6 is 0 Å². The van der Waals surface area contributed by atoms with E-state index in [1.807, 2.05) is 12.1 Å². The lowest BCUT2D eigenvalue weighted by Crippen LogP contribution is -2.48. The van der Waals surface area contributed by atoms with Crippen LogP contribution in [0.4, 0.5) is 5.95 Å². The van der Waals surface area contributed by atoms with Gasteiger partial charge >= 0.3 is 0 Å². The van der Waals surface area contributed by atoms with Crippen LogP contribution in [0.2, 0.25) is 0 Å². The third-order valence-corrected chi connectivity index (χ3v) is 6.81. The molecular formula is C28H35N7. The second-order valence-electron chi connectivity index (χ2n) is 9.25. The molecule has 0 atom stereocenters. The quantitative estimate of drug-likeness (QED) is 0.326. The smallest absolute Gasteiger partial charge is 0.244 e. The Morgan fingerprint density at radius 3 is 2.11 bits per heavy atom. The molecule has 0 bridgehead atoms. The van der Waals surface area contributed by atoms with Gasteiger partial charge in [-0.2, -0.15) is 10.1 Å². The molecule has 2 aromatic carbocycles. The molecule has 1 N–H and O–H groups in total. The molecule has 7 heteroatoms. The molecule has 3 heterocycles. The number of rotatable bonds is 11. The van der Waals surface area contributed by atoms with Crippen LogP contribution in [0.1, 0.15) is 42.9 Å². The number of unbranched alkanes of at least 4 members (excludes halogenated alkanes) is 3. The largest absolute Gasteiger partial charge is 0.353 e. The highest BCUT2D eigenvalue weighted by Gasteiger charge is 2.26. The summed E-state index contributed by atoms with van der Waals surface area (Å²) in [6.07, 6.45) is 6.60. The number of aromatic nitrogens is 4. The molecule has 5 rings (SSSR count). The molecule has 0 saturated carbocycles. The van der Waals surface area contributed by atoms with E-state index in [9.17, 15) is 0 Å². The standard InChI is InChI=1S/C28H35N7/c1(9-17-29-28-31-26-16-11-18-30-35(26)32-28)2-10-19-33-20-22-34(23-21-33)27(24-12-5-3-6-13-24)25-14-7-4-8-15-25/h3-8,11-16,18,27H,1-2,9-10,17,19-23H2,(H,29,32). The number of hydrogen-bond acceptors (Lipinski definition) is 6. The zero-order chi connectivity index (χ0) is 23.7. The van der Waals surface area contributed by atoms with Crippen LogP contribution in [0, 0.1) is 0 Å². The summed E-state index contributed by atoms with van der Waals surface area (Å²) in [5.74, 6) is 0.658. The average Bonchev–Trinajstić information content (AvgIpc) is 3.33. The van der Waals surface area contributed by atoms with Gasteiger partial charge in [0.2, 0.25) is 5.95 Å². The van der Waals surface area contributed by atoms with Gasteiger partial charge in [-0.05, 0) is 42.6 Å². The molecule has 0 amide bonds. The van der Waals surface area contributed by atoms with Gasteiger partial charge < -0.3 is 10.2 Å². The van der Waals surface area contributed by atoms with Crippen LogP contribution in [-0.4, -0.2) is 68.9 Å². The Bertz CT molecular complexity index is 1080. The molecular weight excluding hydrogens is 434 g/mol. The maximum absolute atomic E-state index is 4.43. The zero-order valence-corrected chi connectivity index (χ0v) is 20.3.